The first-order valence-electron chi connectivity index (χ1n) is 6.78. The van der Waals surface area contributed by atoms with Gasteiger partial charge in [-0.15, -0.1) is 11.6 Å². The van der Waals surface area contributed by atoms with E-state index in [1.54, 1.807) is 12.1 Å². The summed E-state index contributed by atoms with van der Waals surface area (Å²) in [7, 11) is 1.47. The number of alkyl halides is 1. The van der Waals surface area contributed by atoms with E-state index >= 15 is 0 Å². The van der Waals surface area contributed by atoms with Gasteiger partial charge in [0.2, 0.25) is 0 Å². The van der Waals surface area contributed by atoms with Crippen molar-refractivity contribution in [3.8, 4) is 5.75 Å². The van der Waals surface area contributed by atoms with Gasteiger partial charge in [-0.2, -0.15) is 0 Å². The number of benzene rings is 1. The largest absolute Gasteiger partial charge is 0.494 e. The van der Waals surface area contributed by atoms with Gasteiger partial charge >= 0.3 is 0 Å². The zero-order chi connectivity index (χ0) is 14.3. The van der Waals surface area contributed by atoms with Crippen molar-refractivity contribution in [2.75, 3.05) is 19.5 Å². The fourth-order valence-corrected chi connectivity index (χ4v) is 2.56. The van der Waals surface area contributed by atoms with Crippen molar-refractivity contribution in [3.05, 3.63) is 29.6 Å². The van der Waals surface area contributed by atoms with Gasteiger partial charge in [-0.25, -0.2) is 4.39 Å². The fraction of sp³-hybridized carbons (Fsp3) is 0.600. The Kier molecular flexibility index (Phi) is 7.17. The van der Waals surface area contributed by atoms with Crippen molar-refractivity contribution in [1.29, 1.82) is 0 Å². The van der Waals surface area contributed by atoms with Gasteiger partial charge < -0.3 is 4.74 Å². The number of hydrogen-bond acceptors (Lipinski definition) is 2. The van der Waals surface area contributed by atoms with E-state index in [4.69, 9.17) is 16.3 Å². The van der Waals surface area contributed by atoms with Crippen LogP contribution in [0.2, 0.25) is 0 Å². The molecule has 0 amide bonds. The lowest BCUT2D eigenvalue weighted by atomic mass is 10.1. The molecule has 0 bridgehead atoms. The minimum absolute atomic E-state index is 0.287. The van der Waals surface area contributed by atoms with Crippen LogP contribution in [-0.4, -0.2) is 30.5 Å². The Labute approximate surface area is 120 Å². The highest BCUT2D eigenvalue weighted by Gasteiger charge is 2.15. The number of halogens is 2. The normalized spacial score (nSPS) is 11.3. The molecule has 1 rings (SSSR count). The molecule has 0 N–H and O–H groups in total. The van der Waals surface area contributed by atoms with Crippen molar-refractivity contribution in [2.45, 2.75) is 39.3 Å². The van der Waals surface area contributed by atoms with Crippen LogP contribution in [-0.2, 0) is 6.54 Å². The zero-order valence-electron chi connectivity index (χ0n) is 12.0. The second kappa shape index (κ2) is 8.39. The van der Waals surface area contributed by atoms with Gasteiger partial charge in [0.25, 0.3) is 0 Å². The lowest BCUT2D eigenvalue weighted by Gasteiger charge is -2.29. The lowest BCUT2D eigenvalue weighted by molar-refractivity contribution is 0.188. The maximum absolute atomic E-state index is 13.7. The molecular weight excluding hydrogens is 265 g/mol. The third kappa shape index (κ3) is 4.66. The van der Waals surface area contributed by atoms with E-state index in [1.807, 2.05) is 6.07 Å². The molecule has 0 heterocycles. The topological polar surface area (TPSA) is 12.5 Å². The first-order chi connectivity index (χ1) is 9.15. The van der Waals surface area contributed by atoms with Crippen LogP contribution in [0.5, 0.6) is 5.75 Å². The SMILES string of the molecule is CCC(CC)N(CCCl)Cc1ccc(OC)c(F)c1. The van der Waals surface area contributed by atoms with E-state index in [1.165, 1.54) is 7.11 Å². The highest BCUT2D eigenvalue weighted by Crippen LogP contribution is 2.20. The first kappa shape index (κ1) is 16.3. The van der Waals surface area contributed by atoms with Gasteiger partial charge in [0, 0.05) is 25.0 Å². The molecule has 0 aliphatic rings. The Bertz CT molecular complexity index is 382. The Morgan fingerprint density at radius 2 is 2.00 bits per heavy atom. The summed E-state index contributed by atoms with van der Waals surface area (Å²) in [6.07, 6.45) is 2.15. The van der Waals surface area contributed by atoms with E-state index in [2.05, 4.69) is 18.7 Å². The maximum Gasteiger partial charge on any atom is 0.165 e. The van der Waals surface area contributed by atoms with Crippen LogP contribution in [0.4, 0.5) is 4.39 Å². The van der Waals surface area contributed by atoms with Crippen molar-refractivity contribution >= 4 is 11.6 Å². The highest BCUT2D eigenvalue weighted by atomic mass is 35.5. The molecule has 108 valence electrons. The molecule has 2 nitrogen and oxygen atoms in total. The van der Waals surface area contributed by atoms with E-state index in [0.717, 1.165) is 31.5 Å². The standard InChI is InChI=1S/C15H23ClFNO/c1-4-13(5-2)18(9-8-16)11-12-6-7-15(19-3)14(17)10-12/h6-7,10,13H,4-5,8-9,11H2,1-3H3. The van der Waals surface area contributed by atoms with E-state index in [0.29, 0.717) is 11.9 Å². The Hall–Kier alpha value is -0.800. The molecule has 0 saturated heterocycles. The lowest BCUT2D eigenvalue weighted by Crippen LogP contribution is -2.35. The summed E-state index contributed by atoms with van der Waals surface area (Å²) in [5.41, 5.74) is 0.954. The van der Waals surface area contributed by atoms with Gasteiger partial charge in [0.1, 0.15) is 0 Å². The summed E-state index contributed by atoms with van der Waals surface area (Å²) < 4.78 is 18.6. The maximum atomic E-state index is 13.7. The predicted molar refractivity (Wildman–Crippen MR) is 78.5 cm³/mol. The second-order valence-electron chi connectivity index (χ2n) is 4.60. The Morgan fingerprint density at radius 3 is 2.47 bits per heavy atom. The number of rotatable bonds is 8. The third-order valence-electron chi connectivity index (χ3n) is 3.43. The predicted octanol–water partition coefficient (Wildman–Crippen LogP) is 4.06. The molecule has 0 aliphatic carbocycles. The van der Waals surface area contributed by atoms with Gasteiger partial charge in [0.05, 0.1) is 7.11 Å². The molecule has 0 aliphatic heterocycles. The Morgan fingerprint density at radius 1 is 1.32 bits per heavy atom. The van der Waals surface area contributed by atoms with Crippen molar-refractivity contribution in [1.82, 2.24) is 4.90 Å². The zero-order valence-corrected chi connectivity index (χ0v) is 12.7. The molecule has 19 heavy (non-hydrogen) atoms. The first-order valence-corrected chi connectivity index (χ1v) is 7.32. The average molecular weight is 288 g/mol. The summed E-state index contributed by atoms with van der Waals surface area (Å²) in [6, 6.07) is 5.62. The molecule has 0 aromatic heterocycles. The van der Waals surface area contributed by atoms with Crippen LogP contribution in [0.3, 0.4) is 0 Å². The van der Waals surface area contributed by atoms with Crippen LogP contribution in [0, 0.1) is 5.82 Å². The van der Waals surface area contributed by atoms with Gasteiger partial charge in [0.15, 0.2) is 11.6 Å². The van der Waals surface area contributed by atoms with Crippen molar-refractivity contribution in [3.63, 3.8) is 0 Å². The number of ether oxygens (including phenoxy) is 1. The summed E-state index contributed by atoms with van der Waals surface area (Å²) in [5, 5.41) is 0. The Balaban J connectivity index is 2.81. The van der Waals surface area contributed by atoms with Crippen molar-refractivity contribution in [2.24, 2.45) is 0 Å². The van der Waals surface area contributed by atoms with E-state index in [9.17, 15) is 4.39 Å². The minimum atomic E-state index is -0.310. The molecule has 0 fully saturated rings. The van der Waals surface area contributed by atoms with E-state index < -0.39 is 0 Å². The van der Waals surface area contributed by atoms with Crippen LogP contribution in [0.15, 0.2) is 18.2 Å². The molecule has 0 unspecified atom stereocenters. The van der Waals surface area contributed by atoms with Crippen molar-refractivity contribution < 1.29 is 9.13 Å². The smallest absolute Gasteiger partial charge is 0.165 e. The summed E-state index contributed by atoms with van der Waals surface area (Å²) >= 11 is 5.86. The van der Waals surface area contributed by atoms with Crippen LogP contribution < -0.4 is 4.74 Å². The minimum Gasteiger partial charge on any atom is -0.494 e. The quantitative estimate of drug-likeness (QED) is 0.669. The molecule has 1 aromatic rings. The number of methoxy groups -OCH3 is 1. The van der Waals surface area contributed by atoms with Gasteiger partial charge in [-0.3, -0.25) is 4.90 Å². The highest BCUT2D eigenvalue weighted by molar-refractivity contribution is 6.18. The average Bonchev–Trinajstić information content (AvgIpc) is 2.40. The number of hydrogen-bond donors (Lipinski definition) is 0. The van der Waals surface area contributed by atoms with E-state index in [-0.39, 0.29) is 11.6 Å². The number of nitrogens with zero attached hydrogens (tertiary/aromatic N) is 1. The molecule has 0 radical (unpaired) electrons. The van der Waals surface area contributed by atoms with Crippen LogP contribution >= 0.6 is 11.6 Å². The molecule has 4 heteroatoms. The van der Waals surface area contributed by atoms with Gasteiger partial charge in [-0.05, 0) is 30.5 Å². The van der Waals surface area contributed by atoms with Gasteiger partial charge in [-0.1, -0.05) is 19.9 Å². The molecule has 0 atom stereocenters. The third-order valence-corrected chi connectivity index (χ3v) is 3.60. The monoisotopic (exact) mass is 287 g/mol. The second-order valence-corrected chi connectivity index (χ2v) is 4.98. The molecule has 0 saturated carbocycles. The molecule has 0 spiro atoms. The summed E-state index contributed by atoms with van der Waals surface area (Å²) in [5.74, 6) is 0.570. The summed E-state index contributed by atoms with van der Waals surface area (Å²) in [6.45, 7) is 5.88. The fourth-order valence-electron chi connectivity index (χ4n) is 2.35. The van der Waals surface area contributed by atoms with Crippen LogP contribution in [0.1, 0.15) is 32.3 Å². The van der Waals surface area contributed by atoms with Crippen LogP contribution in [0.25, 0.3) is 0 Å². The molecule has 1 aromatic carbocycles. The summed E-state index contributed by atoms with van der Waals surface area (Å²) in [4.78, 5) is 2.31. The molecular formula is C15H23ClFNO.